The third kappa shape index (κ3) is 1.22. The summed E-state index contributed by atoms with van der Waals surface area (Å²) in [4.78, 5) is 21.6. The molecule has 0 fully saturated rings. The van der Waals surface area contributed by atoms with Gasteiger partial charge in [-0.05, 0) is 0 Å². The molecular weight excluding hydrogens is 176 g/mol. The van der Waals surface area contributed by atoms with Gasteiger partial charge >= 0.3 is 11.7 Å². The quantitative estimate of drug-likeness (QED) is 0.474. The third-order valence-corrected chi connectivity index (χ3v) is 2.01. The highest BCUT2D eigenvalue weighted by Gasteiger charge is 2.25. The van der Waals surface area contributed by atoms with Crippen molar-refractivity contribution in [1.29, 1.82) is 0 Å². The maximum absolute atomic E-state index is 11.1. The van der Waals surface area contributed by atoms with E-state index in [-0.39, 0.29) is 12.2 Å². The summed E-state index contributed by atoms with van der Waals surface area (Å²) in [5.74, 6) is -0.416. The molecule has 1 atom stereocenters. The van der Waals surface area contributed by atoms with E-state index in [1.54, 1.807) is 0 Å². The van der Waals surface area contributed by atoms with Gasteiger partial charge in [0.2, 0.25) is 0 Å². The molecule has 0 bridgehead atoms. The molecule has 70 valence electrons. The highest BCUT2D eigenvalue weighted by Crippen LogP contribution is 2.01. The average Bonchev–Trinajstić information content (AvgIpc) is 2.47. The van der Waals surface area contributed by atoms with Gasteiger partial charge in [-0.15, -0.1) is 0 Å². The number of nitrogens with one attached hydrogen (secondary N) is 2. The van der Waals surface area contributed by atoms with Crippen LogP contribution >= 0.6 is 0 Å². The fourth-order valence-corrected chi connectivity index (χ4v) is 1.30. The monoisotopic (exact) mass is 184 g/mol. The van der Waals surface area contributed by atoms with E-state index in [1.165, 1.54) is 4.57 Å². The summed E-state index contributed by atoms with van der Waals surface area (Å²) < 4.78 is 1.33. The molecule has 1 aromatic rings. The lowest BCUT2D eigenvalue weighted by atomic mass is 10.2. The smallest absolute Gasteiger partial charge is 0.343 e. The lowest BCUT2D eigenvalue weighted by Crippen LogP contribution is -2.46. The fourth-order valence-electron chi connectivity index (χ4n) is 1.30. The van der Waals surface area contributed by atoms with Crippen molar-refractivity contribution < 1.29 is 9.90 Å². The number of hydrogen-bond donors (Lipinski definition) is 3. The molecule has 2 heterocycles. The van der Waals surface area contributed by atoms with E-state index in [4.69, 9.17) is 5.11 Å². The first kappa shape index (κ1) is 7.99. The van der Waals surface area contributed by atoms with Crippen molar-refractivity contribution >= 4 is 5.97 Å². The van der Waals surface area contributed by atoms with Crippen LogP contribution in [0.15, 0.2) is 4.79 Å². The normalized spacial score (nSPS) is 21.1. The summed E-state index contributed by atoms with van der Waals surface area (Å²) in [7, 11) is 0. The Morgan fingerprint density at radius 1 is 1.69 bits per heavy atom. The van der Waals surface area contributed by atoms with Crippen LogP contribution in [-0.2, 0) is 17.9 Å². The molecule has 1 aliphatic heterocycles. The van der Waals surface area contributed by atoms with Crippen molar-refractivity contribution in [2.24, 2.45) is 0 Å². The molecule has 0 unspecified atom stereocenters. The van der Waals surface area contributed by atoms with Crippen LogP contribution in [0.5, 0.6) is 0 Å². The molecule has 1 aliphatic rings. The number of nitrogens with zero attached hydrogens (tertiary/aromatic N) is 2. The van der Waals surface area contributed by atoms with Gasteiger partial charge in [-0.1, -0.05) is 0 Å². The van der Waals surface area contributed by atoms with E-state index in [0.717, 1.165) is 0 Å². The number of carboxylic acid groups (broad SMARTS) is 1. The van der Waals surface area contributed by atoms with Gasteiger partial charge in [-0.25, -0.2) is 9.89 Å². The first-order chi connectivity index (χ1) is 6.18. The predicted octanol–water partition coefficient (Wildman–Crippen LogP) is -1.87. The predicted molar refractivity (Wildman–Crippen MR) is 41.1 cm³/mol. The van der Waals surface area contributed by atoms with Gasteiger partial charge in [-0.3, -0.25) is 14.7 Å². The van der Waals surface area contributed by atoms with Crippen molar-refractivity contribution in [3.63, 3.8) is 0 Å². The Morgan fingerprint density at radius 3 is 3.15 bits per heavy atom. The minimum atomic E-state index is -0.959. The van der Waals surface area contributed by atoms with Crippen LogP contribution in [0.1, 0.15) is 5.82 Å². The van der Waals surface area contributed by atoms with E-state index in [2.05, 4.69) is 15.5 Å². The number of H-pyrrole nitrogens is 1. The molecule has 0 saturated carbocycles. The zero-order chi connectivity index (χ0) is 9.42. The van der Waals surface area contributed by atoms with E-state index in [9.17, 15) is 9.59 Å². The number of aliphatic carboxylic acids is 1. The number of fused-ring (bicyclic) bond motifs is 1. The molecule has 0 aliphatic carbocycles. The third-order valence-electron chi connectivity index (χ3n) is 2.01. The number of carbonyl (C=O) groups is 1. The number of hydrogen-bond acceptors (Lipinski definition) is 4. The maximum atomic E-state index is 11.1. The standard InChI is InChI=1S/C6H8N4O3/c11-5(12)3-2-10-4(1-7-3)8-9-6(10)13/h3,7H,1-2H2,(H,9,13)(H,11,12)/t3-/m0/s1. The van der Waals surface area contributed by atoms with Crippen LogP contribution in [0.3, 0.4) is 0 Å². The number of aromatic amines is 1. The second-order valence-electron chi connectivity index (χ2n) is 2.83. The van der Waals surface area contributed by atoms with Gasteiger partial charge in [0.15, 0.2) is 0 Å². The fraction of sp³-hybridized carbons (Fsp3) is 0.500. The molecule has 3 N–H and O–H groups in total. The summed E-state index contributed by atoms with van der Waals surface area (Å²) >= 11 is 0. The van der Waals surface area contributed by atoms with Crippen molar-refractivity contribution in [1.82, 2.24) is 20.1 Å². The second-order valence-corrected chi connectivity index (χ2v) is 2.83. The minimum Gasteiger partial charge on any atom is -0.480 e. The van der Waals surface area contributed by atoms with E-state index >= 15 is 0 Å². The summed E-state index contributed by atoms with van der Waals surface area (Å²) in [5.41, 5.74) is -0.359. The number of carboxylic acids is 1. The van der Waals surface area contributed by atoms with Gasteiger partial charge in [-0.2, -0.15) is 5.10 Å². The lowest BCUT2D eigenvalue weighted by Gasteiger charge is -2.19. The van der Waals surface area contributed by atoms with Crippen LogP contribution in [0.4, 0.5) is 0 Å². The van der Waals surface area contributed by atoms with Crippen molar-refractivity contribution in [2.75, 3.05) is 0 Å². The van der Waals surface area contributed by atoms with Gasteiger partial charge < -0.3 is 5.11 Å². The second kappa shape index (κ2) is 2.70. The molecule has 0 radical (unpaired) electrons. The molecule has 0 saturated heterocycles. The van der Waals surface area contributed by atoms with Crippen molar-refractivity contribution in [2.45, 2.75) is 19.1 Å². The Hall–Kier alpha value is -1.63. The number of aromatic nitrogens is 3. The molecule has 13 heavy (non-hydrogen) atoms. The molecule has 7 nitrogen and oxygen atoms in total. The molecule has 0 aromatic carbocycles. The lowest BCUT2D eigenvalue weighted by molar-refractivity contribution is -0.140. The molecule has 7 heteroatoms. The van der Waals surface area contributed by atoms with Crippen LogP contribution in [0, 0.1) is 0 Å². The van der Waals surface area contributed by atoms with Gasteiger partial charge in [0.1, 0.15) is 11.9 Å². The maximum Gasteiger partial charge on any atom is 0.343 e. The Kier molecular flexibility index (Phi) is 1.66. The highest BCUT2D eigenvalue weighted by atomic mass is 16.4. The molecule has 1 aromatic heterocycles. The van der Waals surface area contributed by atoms with Crippen LogP contribution in [0.2, 0.25) is 0 Å². The first-order valence-corrected chi connectivity index (χ1v) is 3.79. The van der Waals surface area contributed by atoms with Crippen LogP contribution in [0.25, 0.3) is 0 Å². The van der Waals surface area contributed by atoms with Gasteiger partial charge in [0.25, 0.3) is 0 Å². The SMILES string of the molecule is O=C(O)[C@@H]1Cn2c(n[nH]c2=O)CN1. The zero-order valence-electron chi connectivity index (χ0n) is 6.65. The molecule has 0 spiro atoms. The van der Waals surface area contributed by atoms with Crippen molar-refractivity contribution in [3.05, 3.63) is 16.3 Å². The average molecular weight is 184 g/mol. The highest BCUT2D eigenvalue weighted by molar-refractivity contribution is 5.73. The summed E-state index contributed by atoms with van der Waals surface area (Å²) in [5, 5.41) is 17.4. The van der Waals surface area contributed by atoms with Crippen molar-refractivity contribution in [3.8, 4) is 0 Å². The molecular formula is C6H8N4O3. The Balaban J connectivity index is 2.33. The van der Waals surface area contributed by atoms with Gasteiger partial charge in [0.05, 0.1) is 13.1 Å². The molecule has 2 rings (SSSR count). The number of rotatable bonds is 1. The minimum absolute atomic E-state index is 0.125. The summed E-state index contributed by atoms with van der Waals surface area (Å²) in [6.45, 7) is 0.426. The van der Waals surface area contributed by atoms with Crippen LogP contribution in [-0.4, -0.2) is 31.9 Å². The largest absolute Gasteiger partial charge is 0.480 e. The van der Waals surface area contributed by atoms with E-state index in [0.29, 0.717) is 12.4 Å². The topological polar surface area (TPSA) is 100 Å². The van der Waals surface area contributed by atoms with E-state index in [1.807, 2.05) is 0 Å². The zero-order valence-corrected chi connectivity index (χ0v) is 6.65. The van der Waals surface area contributed by atoms with Gasteiger partial charge in [0, 0.05) is 0 Å². The van der Waals surface area contributed by atoms with E-state index < -0.39 is 12.0 Å². The Bertz CT molecular complexity index is 393. The Labute approximate surface area is 72.4 Å². The molecule has 0 amide bonds. The summed E-state index contributed by atoms with van der Waals surface area (Å²) in [6, 6.07) is -0.706. The summed E-state index contributed by atoms with van der Waals surface area (Å²) in [6.07, 6.45) is 0. The first-order valence-electron chi connectivity index (χ1n) is 3.79. The Morgan fingerprint density at radius 2 is 2.46 bits per heavy atom. The van der Waals surface area contributed by atoms with Crippen LogP contribution < -0.4 is 11.0 Å².